The molecule has 0 saturated carbocycles. The van der Waals surface area contributed by atoms with Crippen molar-refractivity contribution < 1.29 is 13.2 Å². The fraction of sp³-hybridized carbons (Fsp3) is 0.667. The van der Waals surface area contributed by atoms with Gasteiger partial charge in [-0.15, -0.1) is 10.2 Å². The average molecular weight is 340 g/mol. The minimum atomic E-state index is -2.94. The maximum absolute atomic E-state index is 11.7. The highest BCUT2D eigenvalue weighted by Gasteiger charge is 2.32. The minimum absolute atomic E-state index is 0.0549. The van der Waals surface area contributed by atoms with E-state index in [-0.39, 0.29) is 29.4 Å². The summed E-state index contributed by atoms with van der Waals surface area (Å²) in [6.45, 7) is 6.57. The van der Waals surface area contributed by atoms with Crippen LogP contribution in [0.2, 0.25) is 0 Å². The number of amides is 1. The van der Waals surface area contributed by atoms with Crippen LogP contribution in [0, 0.1) is 5.92 Å². The zero-order valence-electron chi connectivity index (χ0n) is 13.8. The van der Waals surface area contributed by atoms with Crippen molar-refractivity contribution in [2.75, 3.05) is 28.3 Å². The molecule has 1 aliphatic heterocycles. The molecule has 0 spiro atoms. The standard InChI is InChI=1S/C15H24N4O3S/c1-4-19(12-7-8-23(21,22)10-12)14-6-5-13(17-18-14)16-15(20)9-11(2)3/h5-6,11-12H,4,7-10H2,1-3H3,(H,16,17,20). The van der Waals surface area contributed by atoms with Crippen LogP contribution < -0.4 is 10.2 Å². The SMILES string of the molecule is CCN(c1ccc(NC(=O)CC(C)C)nn1)C1CCS(=O)(=O)C1. The molecule has 0 aliphatic carbocycles. The molecule has 1 saturated heterocycles. The van der Waals surface area contributed by atoms with Gasteiger partial charge >= 0.3 is 0 Å². The van der Waals surface area contributed by atoms with E-state index in [0.717, 1.165) is 0 Å². The van der Waals surface area contributed by atoms with Gasteiger partial charge in [0.25, 0.3) is 0 Å². The summed E-state index contributed by atoms with van der Waals surface area (Å²) in [5.74, 6) is 1.63. The van der Waals surface area contributed by atoms with Crippen molar-refractivity contribution in [2.24, 2.45) is 5.92 Å². The Kier molecular flexibility index (Phi) is 5.56. The molecule has 1 aromatic heterocycles. The summed E-state index contributed by atoms with van der Waals surface area (Å²) < 4.78 is 23.3. The molecule has 0 radical (unpaired) electrons. The lowest BCUT2D eigenvalue weighted by Crippen LogP contribution is -2.36. The van der Waals surface area contributed by atoms with E-state index in [2.05, 4.69) is 15.5 Å². The van der Waals surface area contributed by atoms with E-state index in [1.807, 2.05) is 25.7 Å². The van der Waals surface area contributed by atoms with Gasteiger partial charge in [-0.1, -0.05) is 13.8 Å². The Bertz CT molecular complexity index is 643. The molecule has 1 aromatic rings. The Balaban J connectivity index is 2.04. The Morgan fingerprint density at radius 1 is 1.39 bits per heavy atom. The normalized spacial score (nSPS) is 19.7. The predicted molar refractivity (Wildman–Crippen MR) is 90.2 cm³/mol. The maximum atomic E-state index is 11.7. The van der Waals surface area contributed by atoms with Gasteiger partial charge in [0.05, 0.1) is 11.5 Å². The zero-order valence-corrected chi connectivity index (χ0v) is 14.6. The third-order valence-electron chi connectivity index (χ3n) is 3.80. The van der Waals surface area contributed by atoms with Crippen molar-refractivity contribution in [1.29, 1.82) is 0 Å². The molecule has 7 nitrogen and oxygen atoms in total. The van der Waals surface area contributed by atoms with Crippen LogP contribution in [-0.4, -0.2) is 48.6 Å². The Hall–Kier alpha value is -1.70. The van der Waals surface area contributed by atoms with E-state index in [1.54, 1.807) is 12.1 Å². The second-order valence-corrected chi connectivity index (χ2v) is 8.49. The fourth-order valence-electron chi connectivity index (χ4n) is 2.74. The number of aromatic nitrogens is 2. The van der Waals surface area contributed by atoms with Crippen LogP contribution in [0.3, 0.4) is 0 Å². The lowest BCUT2D eigenvalue weighted by atomic mass is 10.1. The zero-order chi connectivity index (χ0) is 17.0. The highest BCUT2D eigenvalue weighted by molar-refractivity contribution is 7.91. The van der Waals surface area contributed by atoms with Gasteiger partial charge in [-0.3, -0.25) is 4.79 Å². The monoisotopic (exact) mass is 340 g/mol. The number of carbonyl (C=O) groups excluding carboxylic acids is 1. The number of carbonyl (C=O) groups is 1. The third-order valence-corrected chi connectivity index (χ3v) is 5.55. The molecular weight excluding hydrogens is 316 g/mol. The molecule has 1 aliphatic rings. The van der Waals surface area contributed by atoms with Crippen molar-refractivity contribution >= 4 is 27.4 Å². The minimum Gasteiger partial charge on any atom is -0.351 e. The first-order valence-corrected chi connectivity index (χ1v) is 9.73. The molecule has 1 fully saturated rings. The van der Waals surface area contributed by atoms with Crippen molar-refractivity contribution in [2.45, 2.75) is 39.7 Å². The second-order valence-electron chi connectivity index (χ2n) is 6.27. The molecule has 0 bridgehead atoms. The first kappa shape index (κ1) is 17.7. The molecule has 2 heterocycles. The Morgan fingerprint density at radius 3 is 2.61 bits per heavy atom. The smallest absolute Gasteiger partial charge is 0.225 e. The summed E-state index contributed by atoms with van der Waals surface area (Å²) in [6.07, 6.45) is 1.05. The molecule has 128 valence electrons. The number of anilines is 2. The van der Waals surface area contributed by atoms with E-state index < -0.39 is 9.84 Å². The van der Waals surface area contributed by atoms with Gasteiger partial charge in [-0.05, 0) is 31.4 Å². The third kappa shape index (κ3) is 4.89. The number of sulfone groups is 1. The van der Waals surface area contributed by atoms with E-state index in [4.69, 9.17) is 0 Å². The first-order chi connectivity index (χ1) is 10.8. The van der Waals surface area contributed by atoms with Crippen molar-refractivity contribution in [1.82, 2.24) is 10.2 Å². The van der Waals surface area contributed by atoms with Gasteiger partial charge in [0.1, 0.15) is 0 Å². The van der Waals surface area contributed by atoms with E-state index in [9.17, 15) is 13.2 Å². The van der Waals surface area contributed by atoms with Gasteiger partial charge < -0.3 is 10.2 Å². The van der Waals surface area contributed by atoms with E-state index >= 15 is 0 Å². The molecular formula is C15H24N4O3S. The van der Waals surface area contributed by atoms with E-state index in [0.29, 0.717) is 31.0 Å². The molecule has 0 aromatic carbocycles. The lowest BCUT2D eigenvalue weighted by Gasteiger charge is -2.27. The second kappa shape index (κ2) is 7.25. The summed E-state index contributed by atoms with van der Waals surface area (Å²) in [5, 5.41) is 10.9. The number of hydrogen-bond donors (Lipinski definition) is 1. The van der Waals surface area contributed by atoms with E-state index in [1.165, 1.54) is 0 Å². The van der Waals surface area contributed by atoms with Crippen molar-refractivity contribution in [3.63, 3.8) is 0 Å². The van der Waals surface area contributed by atoms with Gasteiger partial charge in [-0.25, -0.2) is 8.42 Å². The quantitative estimate of drug-likeness (QED) is 0.843. The van der Waals surface area contributed by atoms with Gasteiger partial charge in [0, 0.05) is 19.0 Å². The topological polar surface area (TPSA) is 92.3 Å². The summed E-state index contributed by atoms with van der Waals surface area (Å²) in [6, 6.07) is 3.42. The lowest BCUT2D eigenvalue weighted by molar-refractivity contribution is -0.116. The van der Waals surface area contributed by atoms with Crippen molar-refractivity contribution in [3.8, 4) is 0 Å². The number of nitrogens with zero attached hydrogens (tertiary/aromatic N) is 3. The van der Waals surface area contributed by atoms with Gasteiger partial charge in [-0.2, -0.15) is 0 Å². The summed E-state index contributed by atoms with van der Waals surface area (Å²) in [7, 11) is -2.94. The van der Waals surface area contributed by atoms with Crippen molar-refractivity contribution in [3.05, 3.63) is 12.1 Å². The van der Waals surface area contributed by atoms with Gasteiger partial charge in [0.15, 0.2) is 21.5 Å². The first-order valence-electron chi connectivity index (χ1n) is 7.91. The van der Waals surface area contributed by atoms with Gasteiger partial charge in [0.2, 0.25) is 5.91 Å². The Morgan fingerprint density at radius 2 is 2.13 bits per heavy atom. The fourth-order valence-corrected chi connectivity index (χ4v) is 4.47. The highest BCUT2D eigenvalue weighted by atomic mass is 32.2. The Labute approximate surface area is 137 Å². The summed E-state index contributed by atoms with van der Waals surface area (Å²) in [5.41, 5.74) is 0. The maximum Gasteiger partial charge on any atom is 0.225 e. The predicted octanol–water partition coefficient (Wildman–Crippen LogP) is 1.47. The summed E-state index contributed by atoms with van der Waals surface area (Å²) >= 11 is 0. The van der Waals surface area contributed by atoms with Crippen LogP contribution in [0.1, 0.15) is 33.6 Å². The highest BCUT2D eigenvalue weighted by Crippen LogP contribution is 2.22. The molecule has 1 N–H and O–H groups in total. The average Bonchev–Trinajstić information content (AvgIpc) is 2.80. The van der Waals surface area contributed by atoms with Crippen LogP contribution in [0.25, 0.3) is 0 Å². The molecule has 8 heteroatoms. The van der Waals surface area contributed by atoms with Crippen LogP contribution in [0.15, 0.2) is 12.1 Å². The van der Waals surface area contributed by atoms with Crippen LogP contribution >= 0.6 is 0 Å². The summed E-state index contributed by atoms with van der Waals surface area (Å²) in [4.78, 5) is 13.7. The number of rotatable bonds is 6. The van der Waals surface area contributed by atoms with Crippen LogP contribution in [-0.2, 0) is 14.6 Å². The van der Waals surface area contributed by atoms with Crippen LogP contribution in [0.5, 0.6) is 0 Å². The number of hydrogen-bond acceptors (Lipinski definition) is 6. The molecule has 1 atom stereocenters. The van der Waals surface area contributed by atoms with Crippen LogP contribution in [0.4, 0.5) is 11.6 Å². The molecule has 1 amide bonds. The largest absolute Gasteiger partial charge is 0.351 e. The molecule has 2 rings (SSSR count). The molecule has 23 heavy (non-hydrogen) atoms. The molecule has 1 unspecified atom stereocenters. The number of nitrogens with one attached hydrogen (secondary N) is 1.